The third-order valence-corrected chi connectivity index (χ3v) is 6.33. The summed E-state index contributed by atoms with van der Waals surface area (Å²) in [4.78, 5) is 19.6. The molecule has 2 atom stereocenters. The standard InChI is InChI=1S/C23H26N6O3/c1-31-19-7-5-18(6-8-19)25-22(30)21-27-26-20-10-16-12-28(13-17(16)14-29(20)21)11-15-4-3-9-24-23(15)32-2/h3-9,16-17H,10-14H2,1-2H3,(H,25,30)/t16-,17-/m1/s1. The number of anilines is 1. The Balaban J connectivity index is 1.26. The normalized spacial score (nSPS) is 19.8. The Morgan fingerprint density at radius 1 is 1.06 bits per heavy atom. The van der Waals surface area contributed by atoms with Crippen LogP contribution in [-0.4, -0.2) is 57.9 Å². The lowest BCUT2D eigenvalue weighted by molar-refractivity contribution is 0.100. The van der Waals surface area contributed by atoms with Crippen LogP contribution in [-0.2, 0) is 19.5 Å². The average molecular weight is 435 g/mol. The number of methoxy groups -OCH3 is 2. The molecule has 5 rings (SSSR count). The Bertz CT molecular complexity index is 1110. The lowest BCUT2D eigenvalue weighted by atomic mass is 9.89. The van der Waals surface area contributed by atoms with Gasteiger partial charge in [-0.05, 0) is 42.2 Å². The summed E-state index contributed by atoms with van der Waals surface area (Å²) in [7, 11) is 3.26. The van der Waals surface area contributed by atoms with Gasteiger partial charge >= 0.3 is 0 Å². The van der Waals surface area contributed by atoms with Gasteiger partial charge in [-0.15, -0.1) is 10.2 Å². The quantitative estimate of drug-likeness (QED) is 0.636. The van der Waals surface area contributed by atoms with Crippen molar-refractivity contribution in [1.82, 2.24) is 24.6 Å². The van der Waals surface area contributed by atoms with Crippen molar-refractivity contribution in [2.24, 2.45) is 11.8 Å². The van der Waals surface area contributed by atoms with E-state index in [1.165, 1.54) is 0 Å². The lowest BCUT2D eigenvalue weighted by Crippen LogP contribution is -2.31. The fourth-order valence-electron chi connectivity index (χ4n) is 4.75. The first-order valence-electron chi connectivity index (χ1n) is 10.7. The lowest BCUT2D eigenvalue weighted by Gasteiger charge is -2.25. The van der Waals surface area contributed by atoms with Gasteiger partial charge in [-0.25, -0.2) is 4.98 Å². The molecule has 1 saturated heterocycles. The predicted octanol–water partition coefficient (Wildman–Crippen LogP) is 2.25. The largest absolute Gasteiger partial charge is 0.497 e. The first-order valence-corrected chi connectivity index (χ1v) is 10.7. The van der Waals surface area contributed by atoms with Crippen molar-refractivity contribution in [3.05, 3.63) is 59.8 Å². The van der Waals surface area contributed by atoms with Gasteiger partial charge in [0, 0.05) is 50.0 Å². The molecule has 1 aromatic carbocycles. The van der Waals surface area contributed by atoms with E-state index in [0.717, 1.165) is 49.7 Å². The second kappa shape index (κ2) is 8.58. The van der Waals surface area contributed by atoms with E-state index in [4.69, 9.17) is 9.47 Å². The molecule has 9 nitrogen and oxygen atoms in total. The Morgan fingerprint density at radius 2 is 1.88 bits per heavy atom. The molecule has 1 N–H and O–H groups in total. The summed E-state index contributed by atoms with van der Waals surface area (Å²) in [6.07, 6.45) is 2.57. The topological polar surface area (TPSA) is 94.4 Å². The molecule has 2 aromatic heterocycles. The third-order valence-electron chi connectivity index (χ3n) is 6.33. The third kappa shape index (κ3) is 3.91. The van der Waals surface area contributed by atoms with Gasteiger partial charge in [-0.2, -0.15) is 0 Å². The molecule has 166 valence electrons. The number of fused-ring (bicyclic) bond motifs is 2. The Hall–Kier alpha value is -3.46. The van der Waals surface area contributed by atoms with E-state index >= 15 is 0 Å². The highest BCUT2D eigenvalue weighted by molar-refractivity contribution is 6.01. The highest BCUT2D eigenvalue weighted by atomic mass is 16.5. The van der Waals surface area contributed by atoms with Crippen LogP contribution < -0.4 is 14.8 Å². The zero-order valence-corrected chi connectivity index (χ0v) is 18.2. The number of rotatable bonds is 6. The smallest absolute Gasteiger partial charge is 0.293 e. The number of hydrogen-bond donors (Lipinski definition) is 1. The van der Waals surface area contributed by atoms with Gasteiger partial charge in [0.05, 0.1) is 14.2 Å². The zero-order chi connectivity index (χ0) is 22.1. The summed E-state index contributed by atoms with van der Waals surface area (Å²) in [6, 6.07) is 11.2. The number of amides is 1. The first kappa shape index (κ1) is 20.4. The van der Waals surface area contributed by atoms with E-state index in [1.54, 1.807) is 20.4 Å². The van der Waals surface area contributed by atoms with E-state index in [9.17, 15) is 4.79 Å². The molecule has 0 bridgehead atoms. The molecule has 32 heavy (non-hydrogen) atoms. The number of carbonyl (C=O) groups is 1. The van der Waals surface area contributed by atoms with E-state index in [2.05, 4.69) is 31.5 Å². The van der Waals surface area contributed by atoms with E-state index < -0.39 is 0 Å². The molecule has 2 aliphatic heterocycles. The summed E-state index contributed by atoms with van der Waals surface area (Å²) in [6.45, 7) is 3.50. The van der Waals surface area contributed by atoms with Crippen LogP contribution in [0.3, 0.4) is 0 Å². The van der Waals surface area contributed by atoms with Gasteiger partial charge < -0.3 is 19.4 Å². The van der Waals surface area contributed by atoms with E-state index in [1.807, 2.05) is 34.9 Å². The molecule has 1 fully saturated rings. The van der Waals surface area contributed by atoms with Crippen molar-refractivity contribution < 1.29 is 14.3 Å². The van der Waals surface area contributed by atoms with Crippen LogP contribution in [0.15, 0.2) is 42.6 Å². The molecule has 9 heteroatoms. The van der Waals surface area contributed by atoms with Crippen LogP contribution in [0.25, 0.3) is 0 Å². The number of carbonyl (C=O) groups excluding carboxylic acids is 1. The van der Waals surface area contributed by atoms with Crippen molar-refractivity contribution in [3.8, 4) is 11.6 Å². The fourth-order valence-corrected chi connectivity index (χ4v) is 4.75. The van der Waals surface area contributed by atoms with Gasteiger partial charge in [0.2, 0.25) is 11.7 Å². The van der Waals surface area contributed by atoms with Crippen molar-refractivity contribution in [2.45, 2.75) is 19.5 Å². The SMILES string of the molecule is COc1ccc(NC(=O)c2nnc3n2C[C@H]2CN(Cc4cccnc4OC)C[C@H]2C3)cc1. The molecule has 0 saturated carbocycles. The first-order chi connectivity index (χ1) is 15.6. The summed E-state index contributed by atoms with van der Waals surface area (Å²) < 4.78 is 12.6. The van der Waals surface area contributed by atoms with Crippen LogP contribution in [0.4, 0.5) is 5.69 Å². The fraction of sp³-hybridized carbons (Fsp3) is 0.391. The van der Waals surface area contributed by atoms with E-state index in [-0.39, 0.29) is 5.91 Å². The van der Waals surface area contributed by atoms with Gasteiger partial charge in [-0.1, -0.05) is 6.07 Å². The maximum Gasteiger partial charge on any atom is 0.293 e. The van der Waals surface area contributed by atoms with Crippen LogP contribution in [0.1, 0.15) is 22.0 Å². The summed E-state index contributed by atoms with van der Waals surface area (Å²) >= 11 is 0. The van der Waals surface area contributed by atoms with Gasteiger partial charge in [0.15, 0.2) is 0 Å². The number of hydrogen-bond acceptors (Lipinski definition) is 7. The predicted molar refractivity (Wildman–Crippen MR) is 118 cm³/mol. The van der Waals surface area contributed by atoms with Crippen molar-refractivity contribution in [1.29, 1.82) is 0 Å². The Kier molecular flexibility index (Phi) is 5.48. The number of benzene rings is 1. The van der Waals surface area contributed by atoms with Crippen molar-refractivity contribution in [2.75, 3.05) is 32.6 Å². The second-order valence-corrected chi connectivity index (χ2v) is 8.32. The summed E-state index contributed by atoms with van der Waals surface area (Å²) in [5.41, 5.74) is 1.78. The monoisotopic (exact) mass is 434 g/mol. The van der Waals surface area contributed by atoms with Crippen LogP contribution in [0, 0.1) is 11.8 Å². The number of ether oxygens (including phenoxy) is 2. The number of nitrogens with one attached hydrogen (secondary N) is 1. The molecule has 0 aliphatic carbocycles. The highest BCUT2D eigenvalue weighted by Crippen LogP contribution is 2.34. The molecule has 4 heterocycles. The van der Waals surface area contributed by atoms with Crippen LogP contribution >= 0.6 is 0 Å². The molecule has 0 spiro atoms. The second-order valence-electron chi connectivity index (χ2n) is 8.32. The highest BCUT2D eigenvalue weighted by Gasteiger charge is 2.39. The van der Waals surface area contributed by atoms with Gasteiger partial charge in [-0.3, -0.25) is 9.69 Å². The molecular weight excluding hydrogens is 408 g/mol. The molecule has 2 aliphatic rings. The maximum atomic E-state index is 12.9. The molecule has 0 unspecified atom stereocenters. The molecule has 1 amide bonds. The molecule has 3 aromatic rings. The van der Waals surface area contributed by atoms with Gasteiger partial charge in [0.1, 0.15) is 11.6 Å². The average Bonchev–Trinajstić information content (AvgIpc) is 3.41. The maximum absolute atomic E-state index is 12.9. The summed E-state index contributed by atoms with van der Waals surface area (Å²) in [5, 5.41) is 11.4. The van der Waals surface area contributed by atoms with Gasteiger partial charge in [0.25, 0.3) is 5.91 Å². The van der Waals surface area contributed by atoms with Crippen LogP contribution in [0.5, 0.6) is 11.6 Å². The molecule has 0 radical (unpaired) electrons. The number of aromatic nitrogens is 4. The minimum Gasteiger partial charge on any atom is -0.497 e. The van der Waals surface area contributed by atoms with Crippen molar-refractivity contribution >= 4 is 11.6 Å². The molecular formula is C23H26N6O3. The van der Waals surface area contributed by atoms with E-state index in [0.29, 0.717) is 29.2 Å². The number of pyridine rings is 1. The minimum absolute atomic E-state index is 0.248. The minimum atomic E-state index is -0.248. The Labute approximate surface area is 186 Å². The Morgan fingerprint density at radius 3 is 2.66 bits per heavy atom. The number of likely N-dealkylation sites (tertiary alicyclic amines) is 1. The van der Waals surface area contributed by atoms with Crippen LogP contribution in [0.2, 0.25) is 0 Å². The van der Waals surface area contributed by atoms with Crippen molar-refractivity contribution in [3.63, 3.8) is 0 Å². The summed E-state index contributed by atoms with van der Waals surface area (Å²) in [5.74, 6) is 3.37. The number of nitrogens with zero attached hydrogens (tertiary/aromatic N) is 5. The zero-order valence-electron chi connectivity index (χ0n) is 18.2.